The highest BCUT2D eigenvalue weighted by Crippen LogP contribution is 2.45. The Morgan fingerprint density at radius 1 is 0.833 bits per heavy atom. The molecule has 0 aromatic heterocycles. The van der Waals surface area contributed by atoms with Crippen molar-refractivity contribution in [3.8, 4) is 0 Å². The number of hydrogen-bond donors (Lipinski definition) is 1. The van der Waals surface area contributed by atoms with E-state index < -0.39 is 24.6 Å². The number of halogens is 7. The van der Waals surface area contributed by atoms with E-state index >= 15 is 0 Å². The van der Waals surface area contributed by atoms with Gasteiger partial charge in [-0.3, -0.25) is 0 Å². The minimum Gasteiger partial charge on any atom is -0.325 e. The molecule has 0 aliphatic rings. The second-order valence-electron chi connectivity index (χ2n) is 1.98. The first-order valence-corrected chi connectivity index (χ1v) is 2.58. The highest BCUT2D eigenvalue weighted by molar-refractivity contribution is 4.91. The Kier molecular flexibility index (Phi) is 2.63. The van der Waals surface area contributed by atoms with Crippen molar-refractivity contribution >= 4 is 0 Å². The molecule has 12 heavy (non-hydrogen) atoms. The topological polar surface area (TPSA) is 26.0 Å². The normalized spacial score (nSPS) is 15.0. The number of alkyl halides is 7. The van der Waals surface area contributed by atoms with Crippen molar-refractivity contribution in [2.24, 2.45) is 5.73 Å². The molecule has 0 bridgehead atoms. The van der Waals surface area contributed by atoms with Crippen LogP contribution in [0.25, 0.3) is 0 Å². The zero-order valence-electron chi connectivity index (χ0n) is 5.43. The fourth-order valence-corrected chi connectivity index (χ4v) is 0.336. The first-order valence-electron chi connectivity index (χ1n) is 2.58. The lowest BCUT2D eigenvalue weighted by atomic mass is 10.1. The van der Waals surface area contributed by atoms with Gasteiger partial charge in [0.05, 0.1) is 6.54 Å². The summed E-state index contributed by atoms with van der Waals surface area (Å²) in [7, 11) is 0. The third-order valence-corrected chi connectivity index (χ3v) is 1.07. The lowest BCUT2D eigenvalue weighted by Gasteiger charge is -2.26. The fraction of sp³-hybridized carbons (Fsp3) is 1.00. The predicted octanol–water partition coefficient (Wildman–Crippen LogP) is 1.78. The Bertz CT molecular complexity index is 159. The number of nitrogens with two attached hydrogens (primary N) is 1. The largest absolute Gasteiger partial charge is 0.459 e. The Labute approximate surface area is 62.3 Å². The second kappa shape index (κ2) is 2.75. The zero-order chi connectivity index (χ0) is 10.2. The van der Waals surface area contributed by atoms with Crippen LogP contribution in [0.4, 0.5) is 30.7 Å². The van der Waals surface area contributed by atoms with Crippen LogP contribution in [-0.4, -0.2) is 24.6 Å². The van der Waals surface area contributed by atoms with Gasteiger partial charge in [-0.1, -0.05) is 0 Å². The number of hydrogen-bond acceptors (Lipinski definition) is 1. The highest BCUT2D eigenvalue weighted by Gasteiger charge is 2.72. The van der Waals surface area contributed by atoms with Crippen molar-refractivity contribution < 1.29 is 30.7 Å². The molecule has 0 aromatic carbocycles. The van der Waals surface area contributed by atoms with Crippen LogP contribution in [0, 0.1) is 0 Å². The average Bonchev–Trinajstić information content (AvgIpc) is 1.85. The van der Waals surface area contributed by atoms with Gasteiger partial charge in [-0.2, -0.15) is 30.7 Å². The van der Waals surface area contributed by atoms with Crippen LogP contribution in [0.2, 0.25) is 0 Å². The SMILES string of the molecule is NCC(F)(F)C(F)(F)C(F)(F)F. The van der Waals surface area contributed by atoms with E-state index in [1.807, 2.05) is 0 Å². The van der Waals surface area contributed by atoms with Crippen LogP contribution in [0.1, 0.15) is 0 Å². The van der Waals surface area contributed by atoms with E-state index in [1.165, 1.54) is 0 Å². The smallest absolute Gasteiger partial charge is 0.325 e. The molecule has 0 saturated heterocycles. The summed E-state index contributed by atoms with van der Waals surface area (Å²) < 4.78 is 80.9. The highest BCUT2D eigenvalue weighted by atomic mass is 19.4. The number of rotatable bonds is 2. The third kappa shape index (κ3) is 1.62. The molecular formula is C4H4F7N. The fourth-order valence-electron chi connectivity index (χ4n) is 0.336. The quantitative estimate of drug-likeness (QED) is 0.674. The van der Waals surface area contributed by atoms with Crippen LogP contribution >= 0.6 is 0 Å². The molecule has 8 heteroatoms. The summed E-state index contributed by atoms with van der Waals surface area (Å²) in [4.78, 5) is 0. The molecule has 74 valence electrons. The molecule has 0 aromatic rings. The van der Waals surface area contributed by atoms with Gasteiger partial charge in [0.2, 0.25) is 0 Å². The van der Waals surface area contributed by atoms with Crippen LogP contribution in [0.3, 0.4) is 0 Å². The van der Waals surface area contributed by atoms with E-state index in [0.717, 1.165) is 0 Å². The van der Waals surface area contributed by atoms with Gasteiger partial charge in [-0.25, -0.2) is 0 Å². The molecule has 0 rings (SSSR count). The van der Waals surface area contributed by atoms with Crippen molar-refractivity contribution in [2.45, 2.75) is 18.0 Å². The molecule has 1 nitrogen and oxygen atoms in total. The molecule has 0 aliphatic carbocycles. The molecule has 0 amide bonds. The Morgan fingerprint density at radius 2 is 1.17 bits per heavy atom. The lowest BCUT2D eigenvalue weighted by molar-refractivity contribution is -0.351. The van der Waals surface area contributed by atoms with Crippen molar-refractivity contribution in [1.29, 1.82) is 0 Å². The third-order valence-electron chi connectivity index (χ3n) is 1.07. The lowest BCUT2D eigenvalue weighted by Crippen LogP contribution is -2.55. The van der Waals surface area contributed by atoms with E-state index in [1.54, 1.807) is 0 Å². The van der Waals surface area contributed by atoms with Crippen LogP contribution in [0.5, 0.6) is 0 Å². The maximum atomic E-state index is 11.8. The van der Waals surface area contributed by atoms with E-state index in [4.69, 9.17) is 0 Å². The van der Waals surface area contributed by atoms with E-state index in [0.29, 0.717) is 0 Å². The maximum Gasteiger partial charge on any atom is 0.459 e. The molecule has 0 saturated carbocycles. The minimum absolute atomic E-state index is 2.06. The molecule has 0 fully saturated rings. The van der Waals surface area contributed by atoms with Crippen molar-refractivity contribution in [1.82, 2.24) is 0 Å². The van der Waals surface area contributed by atoms with Gasteiger partial charge < -0.3 is 5.73 Å². The van der Waals surface area contributed by atoms with Crippen molar-refractivity contribution in [3.63, 3.8) is 0 Å². The summed E-state index contributed by atoms with van der Waals surface area (Å²) in [6.07, 6.45) is -6.28. The van der Waals surface area contributed by atoms with Gasteiger partial charge in [0.15, 0.2) is 0 Å². The van der Waals surface area contributed by atoms with Crippen LogP contribution < -0.4 is 5.73 Å². The average molecular weight is 199 g/mol. The van der Waals surface area contributed by atoms with E-state index in [9.17, 15) is 30.7 Å². The summed E-state index contributed by atoms with van der Waals surface area (Å²) in [5.74, 6) is -11.3. The van der Waals surface area contributed by atoms with Crippen LogP contribution in [-0.2, 0) is 0 Å². The summed E-state index contributed by atoms with van der Waals surface area (Å²) in [5, 5.41) is 0. The molecule has 0 spiro atoms. The molecule has 0 radical (unpaired) electrons. The molecule has 0 unspecified atom stereocenters. The molecule has 0 aliphatic heterocycles. The summed E-state index contributed by atoms with van der Waals surface area (Å²) in [6.45, 7) is -2.06. The molecule has 0 atom stereocenters. The predicted molar refractivity (Wildman–Crippen MR) is 25.0 cm³/mol. The first kappa shape index (κ1) is 11.5. The zero-order valence-corrected chi connectivity index (χ0v) is 5.43. The monoisotopic (exact) mass is 199 g/mol. The van der Waals surface area contributed by atoms with Crippen molar-refractivity contribution in [2.75, 3.05) is 6.54 Å². The van der Waals surface area contributed by atoms with Crippen molar-refractivity contribution in [3.05, 3.63) is 0 Å². The summed E-state index contributed by atoms with van der Waals surface area (Å²) >= 11 is 0. The van der Waals surface area contributed by atoms with Gasteiger partial charge in [-0.15, -0.1) is 0 Å². The van der Waals surface area contributed by atoms with E-state index in [2.05, 4.69) is 5.73 Å². The standard InChI is InChI=1S/C4H4F7N/c5-2(6,1-12)3(7,8)4(9,10)11/h1,12H2. The minimum atomic E-state index is -6.28. The molecule has 2 N–H and O–H groups in total. The second-order valence-corrected chi connectivity index (χ2v) is 1.98. The van der Waals surface area contributed by atoms with Crippen LogP contribution in [0.15, 0.2) is 0 Å². The maximum absolute atomic E-state index is 11.8. The van der Waals surface area contributed by atoms with E-state index in [-0.39, 0.29) is 0 Å². The Balaban J connectivity index is 4.85. The van der Waals surface area contributed by atoms with Gasteiger partial charge >= 0.3 is 18.0 Å². The summed E-state index contributed by atoms with van der Waals surface area (Å²) in [6, 6.07) is 0. The molecular weight excluding hydrogens is 195 g/mol. The van der Waals surface area contributed by atoms with Gasteiger partial charge in [0.1, 0.15) is 0 Å². The van der Waals surface area contributed by atoms with Gasteiger partial charge in [0.25, 0.3) is 0 Å². The van der Waals surface area contributed by atoms with Gasteiger partial charge in [0, 0.05) is 0 Å². The van der Waals surface area contributed by atoms with Gasteiger partial charge in [-0.05, 0) is 0 Å². The first-order chi connectivity index (χ1) is 5.06. The summed E-state index contributed by atoms with van der Waals surface area (Å²) in [5.41, 5.74) is 4.06. The Morgan fingerprint density at radius 3 is 1.25 bits per heavy atom. The Hall–Kier alpha value is -0.530. The molecule has 0 heterocycles.